The largest absolute Gasteiger partial charge is 0.350 e. The first kappa shape index (κ1) is 18.5. The second-order valence-electron chi connectivity index (χ2n) is 5.10. The van der Waals surface area contributed by atoms with Gasteiger partial charge in [-0.15, -0.1) is 0 Å². The molecule has 0 saturated carbocycles. The van der Waals surface area contributed by atoms with Crippen LogP contribution in [-0.4, -0.2) is 35.2 Å². The second-order valence-corrected chi connectivity index (χ2v) is 5.10. The molecule has 0 aliphatic rings. The number of carbonyl (C=O) groups excluding carboxylic acids is 2. The highest BCUT2D eigenvalue weighted by Crippen LogP contribution is 2.22. The number of rotatable bonds is 9. The van der Waals surface area contributed by atoms with E-state index in [-0.39, 0.29) is 5.92 Å². The van der Waals surface area contributed by atoms with Gasteiger partial charge in [-0.1, -0.05) is 26.7 Å². The van der Waals surface area contributed by atoms with Crippen LogP contribution in [0.2, 0.25) is 0 Å². The third kappa shape index (κ3) is 7.15. The van der Waals surface area contributed by atoms with Crippen molar-refractivity contribution >= 4 is 12.1 Å². The molecule has 0 radical (unpaired) electrons. The number of hydrazine groups is 2. The maximum absolute atomic E-state index is 10.9. The molecule has 0 fully saturated rings. The Bertz CT molecular complexity index is 312. The number of carbonyl (C=O) groups is 2. The van der Waals surface area contributed by atoms with Crippen LogP contribution in [0.15, 0.2) is 0 Å². The van der Waals surface area contributed by atoms with Gasteiger partial charge in [-0.05, 0) is 24.7 Å². The third-order valence-electron chi connectivity index (χ3n) is 3.62. The highest BCUT2D eigenvalue weighted by atomic mass is 16.2. The molecule has 4 amide bonds. The Morgan fingerprint density at radius 1 is 0.950 bits per heavy atom. The molecule has 2 atom stereocenters. The normalized spacial score (nSPS) is 13.6. The first-order valence-electron chi connectivity index (χ1n) is 6.95. The number of primary amides is 2. The van der Waals surface area contributed by atoms with E-state index in [0.717, 1.165) is 35.7 Å². The van der Waals surface area contributed by atoms with Gasteiger partial charge in [-0.3, -0.25) is 10.0 Å². The molecular weight excluding hydrogens is 260 g/mol. The van der Waals surface area contributed by atoms with Crippen LogP contribution >= 0.6 is 0 Å². The van der Waals surface area contributed by atoms with Crippen molar-refractivity contribution in [2.45, 2.75) is 39.5 Å². The van der Waals surface area contributed by atoms with E-state index in [1.807, 2.05) is 6.92 Å². The predicted octanol–water partition coefficient (Wildman–Crippen LogP) is 0.328. The third-order valence-corrected chi connectivity index (χ3v) is 3.62. The number of nitrogens with two attached hydrogens (primary N) is 4. The summed E-state index contributed by atoms with van der Waals surface area (Å²) in [5, 5.41) is 2.06. The van der Waals surface area contributed by atoms with Crippen molar-refractivity contribution in [3.05, 3.63) is 0 Å². The van der Waals surface area contributed by atoms with Crippen LogP contribution in [0.5, 0.6) is 0 Å². The van der Waals surface area contributed by atoms with E-state index in [4.69, 9.17) is 23.2 Å². The van der Waals surface area contributed by atoms with E-state index >= 15 is 0 Å². The van der Waals surface area contributed by atoms with E-state index < -0.39 is 12.1 Å². The number of nitrogens with zero attached hydrogens (tertiary/aromatic N) is 2. The van der Waals surface area contributed by atoms with Gasteiger partial charge < -0.3 is 11.5 Å². The summed E-state index contributed by atoms with van der Waals surface area (Å²) in [7, 11) is 0. The number of hydrogen-bond acceptors (Lipinski definition) is 4. The van der Waals surface area contributed by atoms with Gasteiger partial charge >= 0.3 is 12.1 Å². The van der Waals surface area contributed by atoms with Crippen LogP contribution in [-0.2, 0) is 0 Å². The average Bonchev–Trinajstić information content (AvgIpc) is 2.40. The molecule has 0 bridgehead atoms. The molecule has 8 nitrogen and oxygen atoms in total. The van der Waals surface area contributed by atoms with Gasteiger partial charge in [-0.25, -0.2) is 21.3 Å². The lowest BCUT2D eigenvalue weighted by molar-refractivity contribution is 0.183. The molecule has 0 heterocycles. The van der Waals surface area contributed by atoms with Gasteiger partial charge in [0, 0.05) is 13.1 Å². The van der Waals surface area contributed by atoms with Gasteiger partial charge in [0.1, 0.15) is 0 Å². The quantitative estimate of drug-likeness (QED) is 0.275. The molecule has 0 aromatic carbocycles. The highest BCUT2D eigenvalue weighted by molar-refractivity contribution is 5.71. The molecule has 0 rings (SSSR count). The van der Waals surface area contributed by atoms with Gasteiger partial charge in [0.2, 0.25) is 0 Å². The molecule has 0 aromatic heterocycles. The van der Waals surface area contributed by atoms with Crippen LogP contribution in [0.25, 0.3) is 0 Å². The van der Waals surface area contributed by atoms with Gasteiger partial charge in [0.15, 0.2) is 0 Å². The molecule has 8 heteroatoms. The molecule has 0 saturated heterocycles. The topological polar surface area (TPSA) is 145 Å². The monoisotopic (exact) mass is 288 g/mol. The van der Waals surface area contributed by atoms with Crippen molar-refractivity contribution in [1.29, 1.82) is 0 Å². The molecule has 118 valence electrons. The zero-order chi connectivity index (χ0) is 15.7. The van der Waals surface area contributed by atoms with Gasteiger partial charge in [-0.2, -0.15) is 0 Å². The Hall–Kier alpha value is -1.54. The summed E-state index contributed by atoms with van der Waals surface area (Å²) in [5.74, 6) is 11.7. The maximum Gasteiger partial charge on any atom is 0.328 e. The van der Waals surface area contributed by atoms with Crippen LogP contribution < -0.4 is 23.2 Å². The van der Waals surface area contributed by atoms with Crippen molar-refractivity contribution in [2.75, 3.05) is 13.1 Å². The summed E-state index contributed by atoms with van der Waals surface area (Å²) in [6, 6.07) is -1.26. The minimum atomic E-state index is -0.631. The first-order valence-corrected chi connectivity index (χ1v) is 6.95. The molecule has 20 heavy (non-hydrogen) atoms. The Morgan fingerprint density at radius 2 is 1.45 bits per heavy atom. The number of amides is 4. The smallest absolute Gasteiger partial charge is 0.328 e. The van der Waals surface area contributed by atoms with E-state index in [2.05, 4.69) is 6.92 Å². The SMILES string of the molecule is CCC(CCN(N)C(N)=O)CC(CC)CN(N)C(N)=O. The minimum absolute atomic E-state index is 0.275. The Morgan fingerprint density at radius 3 is 1.85 bits per heavy atom. The molecule has 0 aliphatic heterocycles. The molecule has 0 spiro atoms. The van der Waals surface area contributed by atoms with E-state index in [0.29, 0.717) is 19.0 Å². The highest BCUT2D eigenvalue weighted by Gasteiger charge is 2.18. The number of hydrogen-bond donors (Lipinski definition) is 4. The molecular formula is C12H28N6O2. The molecule has 0 aromatic rings. The van der Waals surface area contributed by atoms with Crippen LogP contribution in [0.4, 0.5) is 9.59 Å². The fraction of sp³-hybridized carbons (Fsp3) is 0.833. The zero-order valence-electron chi connectivity index (χ0n) is 12.4. The van der Waals surface area contributed by atoms with E-state index in [1.54, 1.807) is 0 Å². The van der Waals surface area contributed by atoms with E-state index in [1.165, 1.54) is 0 Å². The van der Waals surface area contributed by atoms with Gasteiger partial charge in [0.25, 0.3) is 0 Å². The Labute approximate surface area is 120 Å². The molecule has 8 N–H and O–H groups in total. The zero-order valence-corrected chi connectivity index (χ0v) is 12.4. The average molecular weight is 288 g/mol. The Kier molecular flexibility index (Phi) is 8.66. The summed E-state index contributed by atoms with van der Waals surface area (Å²) in [4.78, 5) is 21.8. The van der Waals surface area contributed by atoms with Gasteiger partial charge in [0.05, 0.1) is 0 Å². The first-order chi connectivity index (χ1) is 9.31. The van der Waals surface area contributed by atoms with E-state index in [9.17, 15) is 9.59 Å². The molecule has 0 aliphatic carbocycles. The summed E-state index contributed by atoms with van der Waals surface area (Å²) in [6.07, 6.45) is 3.54. The van der Waals surface area contributed by atoms with Crippen LogP contribution in [0, 0.1) is 11.8 Å². The lowest BCUT2D eigenvalue weighted by Gasteiger charge is -2.26. The number of urea groups is 2. The summed E-state index contributed by atoms with van der Waals surface area (Å²) in [6.45, 7) is 4.98. The summed E-state index contributed by atoms with van der Waals surface area (Å²) >= 11 is 0. The predicted molar refractivity (Wildman–Crippen MR) is 77.7 cm³/mol. The fourth-order valence-corrected chi connectivity index (χ4v) is 2.13. The lowest BCUT2D eigenvalue weighted by Crippen LogP contribution is -2.44. The maximum atomic E-state index is 10.9. The van der Waals surface area contributed by atoms with Crippen molar-refractivity contribution in [2.24, 2.45) is 35.0 Å². The fourth-order valence-electron chi connectivity index (χ4n) is 2.13. The van der Waals surface area contributed by atoms with Crippen LogP contribution in [0.1, 0.15) is 39.5 Å². The summed E-state index contributed by atoms with van der Waals surface area (Å²) < 4.78 is 0. The summed E-state index contributed by atoms with van der Waals surface area (Å²) in [5.41, 5.74) is 10.2. The Balaban J connectivity index is 4.29. The second kappa shape index (κ2) is 9.38. The van der Waals surface area contributed by atoms with Crippen molar-refractivity contribution in [1.82, 2.24) is 10.0 Å². The minimum Gasteiger partial charge on any atom is -0.350 e. The van der Waals surface area contributed by atoms with Crippen molar-refractivity contribution < 1.29 is 9.59 Å². The standard InChI is InChI=1S/C12H28N6O2/c1-3-9(5-6-17(15)11(13)19)7-10(4-2)8-18(16)12(14)20/h9-10H,3-8,15-16H2,1-2H3,(H2,13,19)(H2,14,20). The molecule has 2 unspecified atom stereocenters. The van der Waals surface area contributed by atoms with Crippen molar-refractivity contribution in [3.8, 4) is 0 Å². The van der Waals surface area contributed by atoms with Crippen molar-refractivity contribution in [3.63, 3.8) is 0 Å². The lowest BCUT2D eigenvalue weighted by atomic mass is 9.88. The van der Waals surface area contributed by atoms with Crippen LogP contribution in [0.3, 0.4) is 0 Å².